The first-order valence-corrected chi connectivity index (χ1v) is 9.23. The molecule has 1 atom stereocenters. The summed E-state index contributed by atoms with van der Waals surface area (Å²) in [5.41, 5.74) is 2.72. The lowest BCUT2D eigenvalue weighted by atomic mass is 10.2. The van der Waals surface area contributed by atoms with Crippen LogP contribution in [0.25, 0.3) is 0 Å². The van der Waals surface area contributed by atoms with Crippen molar-refractivity contribution in [2.45, 2.75) is 25.7 Å². The van der Waals surface area contributed by atoms with Crippen LogP contribution < -0.4 is 5.32 Å². The van der Waals surface area contributed by atoms with Crippen molar-refractivity contribution in [1.82, 2.24) is 4.98 Å². The fraction of sp³-hybridized carbons (Fsp3) is 0.278. The monoisotopic (exact) mass is 378 g/mol. The zero-order valence-electron chi connectivity index (χ0n) is 14.0. The number of aryl methyl sites for hydroxylation is 1. The highest BCUT2D eigenvalue weighted by atomic mass is 35.5. The fourth-order valence-corrected chi connectivity index (χ4v) is 2.87. The highest BCUT2D eigenvalue weighted by Crippen LogP contribution is 2.18. The maximum atomic E-state index is 12.0. The van der Waals surface area contributed by atoms with Crippen LogP contribution in [-0.4, -0.2) is 28.7 Å². The maximum absolute atomic E-state index is 12.0. The standard InChI is InChI=1S/C18H19ClN2O3S/c1-12-5-7-14(8-6-12)10-25-11-16(22)24-13(2)18(23)21-15-4-3-9-20-17(15)19/h3-9,13H,10-11H2,1-2H3,(H,21,23)/t13-/m0/s1. The van der Waals surface area contributed by atoms with E-state index in [1.165, 1.54) is 30.4 Å². The second kappa shape index (κ2) is 9.44. The molecule has 0 saturated carbocycles. The Bertz CT molecular complexity index is 737. The Labute approximate surface area is 156 Å². The average Bonchev–Trinajstić information content (AvgIpc) is 2.58. The minimum absolute atomic E-state index is 0.180. The van der Waals surface area contributed by atoms with Crippen molar-refractivity contribution in [3.8, 4) is 0 Å². The summed E-state index contributed by atoms with van der Waals surface area (Å²) in [5.74, 6) is 0.00394. The van der Waals surface area contributed by atoms with Gasteiger partial charge in [-0.15, -0.1) is 11.8 Å². The van der Waals surface area contributed by atoms with Gasteiger partial charge in [-0.2, -0.15) is 0 Å². The van der Waals surface area contributed by atoms with Gasteiger partial charge in [0.15, 0.2) is 11.3 Å². The van der Waals surface area contributed by atoms with E-state index in [0.29, 0.717) is 11.4 Å². The summed E-state index contributed by atoms with van der Waals surface area (Å²) in [6, 6.07) is 11.4. The van der Waals surface area contributed by atoms with Crippen molar-refractivity contribution in [2.24, 2.45) is 0 Å². The van der Waals surface area contributed by atoms with Gasteiger partial charge in [0.05, 0.1) is 11.4 Å². The number of benzene rings is 1. The average molecular weight is 379 g/mol. The van der Waals surface area contributed by atoms with E-state index in [4.69, 9.17) is 16.3 Å². The zero-order chi connectivity index (χ0) is 18.2. The number of amides is 1. The topological polar surface area (TPSA) is 68.3 Å². The van der Waals surface area contributed by atoms with E-state index in [9.17, 15) is 9.59 Å². The summed E-state index contributed by atoms with van der Waals surface area (Å²) >= 11 is 7.32. The molecule has 1 amide bonds. The summed E-state index contributed by atoms with van der Waals surface area (Å²) in [5, 5.41) is 2.77. The number of hydrogen-bond donors (Lipinski definition) is 1. The number of anilines is 1. The number of halogens is 1. The van der Waals surface area contributed by atoms with Gasteiger partial charge in [-0.3, -0.25) is 9.59 Å². The van der Waals surface area contributed by atoms with E-state index >= 15 is 0 Å². The molecule has 2 rings (SSSR count). The first-order valence-electron chi connectivity index (χ1n) is 7.70. The van der Waals surface area contributed by atoms with Gasteiger partial charge in [-0.05, 0) is 31.5 Å². The van der Waals surface area contributed by atoms with E-state index in [1.807, 2.05) is 31.2 Å². The van der Waals surface area contributed by atoms with Gasteiger partial charge >= 0.3 is 5.97 Å². The number of thioether (sulfide) groups is 1. The number of rotatable bonds is 7. The molecule has 0 unspecified atom stereocenters. The Balaban J connectivity index is 1.74. The maximum Gasteiger partial charge on any atom is 0.316 e. The summed E-state index contributed by atoms with van der Waals surface area (Å²) < 4.78 is 5.15. The summed E-state index contributed by atoms with van der Waals surface area (Å²) in [6.07, 6.45) is 0.607. The molecule has 0 aliphatic rings. The van der Waals surface area contributed by atoms with E-state index in [-0.39, 0.29) is 10.9 Å². The van der Waals surface area contributed by atoms with Crippen LogP contribution in [0.3, 0.4) is 0 Å². The number of nitrogens with zero attached hydrogens (tertiary/aromatic N) is 1. The SMILES string of the molecule is Cc1ccc(CSCC(=O)O[C@@H](C)C(=O)Nc2cccnc2Cl)cc1. The number of esters is 1. The van der Waals surface area contributed by atoms with Crippen molar-refractivity contribution in [1.29, 1.82) is 0 Å². The van der Waals surface area contributed by atoms with Gasteiger partial charge in [0, 0.05) is 11.9 Å². The third-order valence-electron chi connectivity index (χ3n) is 3.30. The summed E-state index contributed by atoms with van der Waals surface area (Å²) in [6.45, 7) is 3.54. The first-order chi connectivity index (χ1) is 12.0. The van der Waals surface area contributed by atoms with Gasteiger partial charge in [0.1, 0.15) is 0 Å². The molecule has 5 nitrogen and oxygen atoms in total. The van der Waals surface area contributed by atoms with Crippen LogP contribution in [0.5, 0.6) is 0 Å². The highest BCUT2D eigenvalue weighted by Gasteiger charge is 2.18. The summed E-state index contributed by atoms with van der Waals surface area (Å²) in [7, 11) is 0. The van der Waals surface area contributed by atoms with Gasteiger partial charge in [-0.25, -0.2) is 4.98 Å². The van der Waals surface area contributed by atoms with Crippen LogP contribution in [0.15, 0.2) is 42.6 Å². The number of hydrogen-bond acceptors (Lipinski definition) is 5. The second-order valence-corrected chi connectivity index (χ2v) is 6.79. The predicted octanol–water partition coefficient (Wildman–Crippen LogP) is 3.85. The lowest BCUT2D eigenvalue weighted by molar-refractivity contribution is -0.150. The van der Waals surface area contributed by atoms with E-state index in [2.05, 4.69) is 10.3 Å². The van der Waals surface area contributed by atoms with E-state index < -0.39 is 18.0 Å². The first kappa shape index (κ1) is 19.3. The van der Waals surface area contributed by atoms with Crippen LogP contribution in [0, 0.1) is 6.92 Å². The molecule has 1 aromatic heterocycles. The van der Waals surface area contributed by atoms with E-state index in [1.54, 1.807) is 12.1 Å². The molecule has 132 valence electrons. The molecular weight excluding hydrogens is 360 g/mol. The van der Waals surface area contributed by atoms with Crippen molar-refractivity contribution in [3.05, 3.63) is 58.9 Å². The Hall–Kier alpha value is -2.05. The Kier molecular flexibility index (Phi) is 7.28. The molecule has 0 spiro atoms. The molecule has 1 heterocycles. The number of aromatic nitrogens is 1. The summed E-state index contributed by atoms with van der Waals surface area (Å²) in [4.78, 5) is 27.8. The van der Waals surface area contributed by atoms with Gasteiger partial charge < -0.3 is 10.1 Å². The number of ether oxygens (including phenoxy) is 1. The zero-order valence-corrected chi connectivity index (χ0v) is 15.6. The lowest BCUT2D eigenvalue weighted by Gasteiger charge is -2.13. The normalized spacial score (nSPS) is 11.6. The molecule has 0 radical (unpaired) electrons. The number of carbonyl (C=O) groups is 2. The quantitative estimate of drug-likeness (QED) is 0.585. The molecule has 1 N–H and O–H groups in total. The molecule has 0 saturated heterocycles. The van der Waals surface area contributed by atoms with Crippen LogP contribution in [0.2, 0.25) is 5.15 Å². The molecule has 0 bridgehead atoms. The molecule has 25 heavy (non-hydrogen) atoms. The Morgan fingerprint density at radius 1 is 1.28 bits per heavy atom. The Morgan fingerprint density at radius 2 is 2.00 bits per heavy atom. The van der Waals surface area contributed by atoms with Crippen LogP contribution in [0.1, 0.15) is 18.1 Å². The van der Waals surface area contributed by atoms with Crippen molar-refractivity contribution >= 4 is 40.9 Å². The number of nitrogens with one attached hydrogen (secondary N) is 1. The van der Waals surface area contributed by atoms with Crippen molar-refractivity contribution in [3.63, 3.8) is 0 Å². The van der Waals surface area contributed by atoms with Crippen molar-refractivity contribution < 1.29 is 14.3 Å². The minimum Gasteiger partial charge on any atom is -0.452 e. The fourth-order valence-electron chi connectivity index (χ4n) is 1.93. The van der Waals surface area contributed by atoms with Crippen LogP contribution >= 0.6 is 23.4 Å². The molecule has 0 fully saturated rings. The number of carbonyl (C=O) groups excluding carboxylic acids is 2. The lowest BCUT2D eigenvalue weighted by Crippen LogP contribution is -2.30. The number of pyridine rings is 1. The van der Waals surface area contributed by atoms with Gasteiger partial charge in [-0.1, -0.05) is 41.4 Å². The Morgan fingerprint density at radius 3 is 2.68 bits per heavy atom. The van der Waals surface area contributed by atoms with Gasteiger partial charge in [0.2, 0.25) is 0 Å². The molecule has 0 aliphatic carbocycles. The molecule has 2 aromatic rings. The van der Waals surface area contributed by atoms with Gasteiger partial charge in [0.25, 0.3) is 5.91 Å². The van der Waals surface area contributed by atoms with Crippen LogP contribution in [0.4, 0.5) is 5.69 Å². The highest BCUT2D eigenvalue weighted by molar-refractivity contribution is 7.99. The molecule has 7 heteroatoms. The second-order valence-electron chi connectivity index (χ2n) is 5.44. The van der Waals surface area contributed by atoms with Crippen LogP contribution in [-0.2, 0) is 20.1 Å². The molecule has 1 aromatic carbocycles. The molecular formula is C18H19ClN2O3S. The third-order valence-corrected chi connectivity index (χ3v) is 4.58. The largest absolute Gasteiger partial charge is 0.452 e. The predicted molar refractivity (Wildman–Crippen MR) is 101 cm³/mol. The molecule has 0 aliphatic heterocycles. The van der Waals surface area contributed by atoms with E-state index in [0.717, 1.165) is 5.56 Å². The third kappa shape index (κ3) is 6.40. The minimum atomic E-state index is -0.913. The smallest absolute Gasteiger partial charge is 0.316 e. The van der Waals surface area contributed by atoms with Crippen molar-refractivity contribution in [2.75, 3.05) is 11.1 Å².